The minimum Gasteiger partial charge on any atom is -0.470 e. The van der Waals surface area contributed by atoms with Crippen molar-refractivity contribution in [3.8, 4) is 5.75 Å². The Bertz CT molecular complexity index is 934. The van der Waals surface area contributed by atoms with Gasteiger partial charge in [-0.25, -0.2) is 4.68 Å². The van der Waals surface area contributed by atoms with E-state index in [2.05, 4.69) is 10.2 Å². The highest BCUT2D eigenvalue weighted by molar-refractivity contribution is 6.32. The topological polar surface area (TPSA) is 65.2 Å². The summed E-state index contributed by atoms with van der Waals surface area (Å²) in [6, 6.07) is 8.86. The molecular weight excluding hydrogens is 366 g/mol. The second-order valence-corrected chi connectivity index (χ2v) is 6.56. The number of ether oxygens (including phenoxy) is 1. The molecule has 0 aliphatic carbocycles. The number of para-hydroxylation sites is 1. The molecule has 0 aliphatic rings. The van der Waals surface area contributed by atoms with Crippen molar-refractivity contribution in [2.45, 2.75) is 33.7 Å². The third kappa shape index (κ3) is 4.14. The van der Waals surface area contributed by atoms with Crippen molar-refractivity contribution in [2.24, 2.45) is 0 Å². The standard InChI is InChI=1S/C19H22ClN5O2/c1-4-24-14(2)15(11-22-24)12-23(3)19(26)17-9-10-21-25(17)13-27-18-8-6-5-7-16(18)20/h5-11H,4,12-13H2,1-3H3. The fourth-order valence-electron chi connectivity index (χ4n) is 2.79. The molecule has 0 saturated carbocycles. The van der Waals surface area contributed by atoms with Crippen LogP contribution in [0, 0.1) is 6.92 Å². The lowest BCUT2D eigenvalue weighted by Gasteiger charge is -2.18. The van der Waals surface area contributed by atoms with E-state index in [0.29, 0.717) is 23.0 Å². The lowest BCUT2D eigenvalue weighted by molar-refractivity contribution is 0.0762. The normalized spacial score (nSPS) is 10.8. The first kappa shape index (κ1) is 19.0. The number of amides is 1. The van der Waals surface area contributed by atoms with Crippen molar-refractivity contribution in [1.82, 2.24) is 24.5 Å². The lowest BCUT2D eigenvalue weighted by Crippen LogP contribution is -2.29. The number of benzene rings is 1. The number of halogens is 1. The average Bonchev–Trinajstić information content (AvgIpc) is 3.27. The Kier molecular flexibility index (Phi) is 5.81. The van der Waals surface area contributed by atoms with Gasteiger partial charge < -0.3 is 9.64 Å². The van der Waals surface area contributed by atoms with E-state index >= 15 is 0 Å². The van der Waals surface area contributed by atoms with E-state index in [0.717, 1.165) is 17.8 Å². The Morgan fingerprint density at radius 2 is 2.00 bits per heavy atom. The van der Waals surface area contributed by atoms with Crippen molar-refractivity contribution in [3.05, 3.63) is 64.7 Å². The number of carbonyl (C=O) groups is 1. The largest absolute Gasteiger partial charge is 0.470 e. The first-order valence-corrected chi connectivity index (χ1v) is 9.05. The maximum absolute atomic E-state index is 12.9. The summed E-state index contributed by atoms with van der Waals surface area (Å²) in [5.41, 5.74) is 2.53. The molecule has 7 nitrogen and oxygen atoms in total. The van der Waals surface area contributed by atoms with Gasteiger partial charge in [-0.2, -0.15) is 10.2 Å². The predicted molar refractivity (Wildman–Crippen MR) is 103 cm³/mol. The summed E-state index contributed by atoms with van der Waals surface area (Å²) in [5, 5.41) is 9.03. The van der Waals surface area contributed by atoms with Crippen LogP contribution in [0.1, 0.15) is 28.7 Å². The van der Waals surface area contributed by atoms with Crippen LogP contribution in [-0.2, 0) is 19.8 Å². The summed E-state index contributed by atoms with van der Waals surface area (Å²) >= 11 is 6.10. The second-order valence-electron chi connectivity index (χ2n) is 6.15. The molecule has 2 aromatic heterocycles. The number of aryl methyl sites for hydroxylation is 1. The quantitative estimate of drug-likeness (QED) is 0.623. The molecule has 1 aromatic carbocycles. The molecule has 1 amide bonds. The molecule has 0 bridgehead atoms. The van der Waals surface area contributed by atoms with Crippen LogP contribution in [0.5, 0.6) is 5.75 Å². The number of nitrogens with zero attached hydrogens (tertiary/aromatic N) is 5. The van der Waals surface area contributed by atoms with Crippen LogP contribution in [0.4, 0.5) is 0 Å². The van der Waals surface area contributed by atoms with E-state index in [-0.39, 0.29) is 12.6 Å². The summed E-state index contributed by atoms with van der Waals surface area (Å²) in [7, 11) is 1.76. The molecule has 0 N–H and O–H groups in total. The van der Waals surface area contributed by atoms with E-state index in [1.807, 2.05) is 30.7 Å². The van der Waals surface area contributed by atoms with Crippen molar-refractivity contribution < 1.29 is 9.53 Å². The fourth-order valence-corrected chi connectivity index (χ4v) is 2.98. The number of hydrogen-bond donors (Lipinski definition) is 0. The average molecular weight is 388 g/mol. The molecule has 0 radical (unpaired) electrons. The summed E-state index contributed by atoms with van der Waals surface area (Å²) < 4.78 is 9.12. The van der Waals surface area contributed by atoms with Gasteiger partial charge in [0.1, 0.15) is 11.4 Å². The van der Waals surface area contributed by atoms with Crippen LogP contribution < -0.4 is 4.74 Å². The Labute approximate surface area is 163 Å². The van der Waals surface area contributed by atoms with Gasteiger partial charge in [0, 0.05) is 37.6 Å². The molecule has 0 unspecified atom stereocenters. The van der Waals surface area contributed by atoms with Gasteiger partial charge in [0.25, 0.3) is 5.91 Å². The van der Waals surface area contributed by atoms with E-state index in [1.54, 1.807) is 42.5 Å². The molecule has 8 heteroatoms. The zero-order valence-electron chi connectivity index (χ0n) is 15.6. The SMILES string of the molecule is CCn1ncc(CN(C)C(=O)c2ccnn2COc2ccccc2Cl)c1C. The fraction of sp³-hybridized carbons (Fsp3) is 0.316. The van der Waals surface area contributed by atoms with Gasteiger partial charge in [0.05, 0.1) is 11.2 Å². The molecule has 0 spiro atoms. The monoisotopic (exact) mass is 387 g/mol. The van der Waals surface area contributed by atoms with Crippen molar-refractivity contribution in [1.29, 1.82) is 0 Å². The summed E-state index contributed by atoms with van der Waals surface area (Å²) in [6.07, 6.45) is 3.39. The highest BCUT2D eigenvalue weighted by Gasteiger charge is 2.19. The first-order chi connectivity index (χ1) is 13.0. The van der Waals surface area contributed by atoms with Crippen molar-refractivity contribution in [2.75, 3.05) is 7.05 Å². The number of rotatable bonds is 7. The zero-order valence-corrected chi connectivity index (χ0v) is 16.3. The number of carbonyl (C=O) groups excluding carboxylic acids is 1. The van der Waals surface area contributed by atoms with Crippen LogP contribution in [0.2, 0.25) is 5.02 Å². The second kappa shape index (κ2) is 8.26. The molecule has 0 atom stereocenters. The summed E-state index contributed by atoms with van der Waals surface area (Å²) in [6.45, 7) is 5.41. The van der Waals surface area contributed by atoms with E-state index < -0.39 is 0 Å². The maximum Gasteiger partial charge on any atom is 0.272 e. The van der Waals surface area contributed by atoms with Gasteiger partial charge in [0.2, 0.25) is 0 Å². The smallest absolute Gasteiger partial charge is 0.272 e. The van der Waals surface area contributed by atoms with Gasteiger partial charge in [0.15, 0.2) is 6.73 Å². The minimum absolute atomic E-state index is 0.0957. The molecular formula is C19H22ClN5O2. The predicted octanol–water partition coefficient (Wildman–Crippen LogP) is 3.37. The molecule has 0 fully saturated rings. The highest BCUT2D eigenvalue weighted by atomic mass is 35.5. The Balaban J connectivity index is 1.69. The highest BCUT2D eigenvalue weighted by Crippen LogP contribution is 2.23. The molecule has 27 heavy (non-hydrogen) atoms. The Hall–Kier alpha value is -2.80. The van der Waals surface area contributed by atoms with Gasteiger partial charge in [-0.15, -0.1) is 0 Å². The molecule has 142 valence electrons. The third-order valence-electron chi connectivity index (χ3n) is 4.37. The van der Waals surface area contributed by atoms with E-state index in [9.17, 15) is 4.79 Å². The number of aromatic nitrogens is 4. The van der Waals surface area contributed by atoms with E-state index in [1.165, 1.54) is 4.68 Å². The summed E-state index contributed by atoms with van der Waals surface area (Å²) in [4.78, 5) is 14.5. The van der Waals surface area contributed by atoms with Gasteiger partial charge in [-0.3, -0.25) is 9.48 Å². The summed E-state index contributed by atoms with van der Waals surface area (Å²) in [5.74, 6) is 0.405. The van der Waals surface area contributed by atoms with Crippen LogP contribution in [0.25, 0.3) is 0 Å². The Morgan fingerprint density at radius 1 is 1.22 bits per heavy atom. The van der Waals surface area contributed by atoms with Gasteiger partial charge in [-0.05, 0) is 32.0 Å². The van der Waals surface area contributed by atoms with Crippen LogP contribution in [-0.4, -0.2) is 37.4 Å². The zero-order chi connectivity index (χ0) is 19.4. The van der Waals surface area contributed by atoms with Crippen molar-refractivity contribution in [3.63, 3.8) is 0 Å². The van der Waals surface area contributed by atoms with E-state index in [4.69, 9.17) is 16.3 Å². The molecule has 2 heterocycles. The Morgan fingerprint density at radius 3 is 2.70 bits per heavy atom. The first-order valence-electron chi connectivity index (χ1n) is 8.67. The van der Waals surface area contributed by atoms with Crippen LogP contribution >= 0.6 is 11.6 Å². The maximum atomic E-state index is 12.9. The van der Waals surface area contributed by atoms with Gasteiger partial charge >= 0.3 is 0 Å². The molecule has 0 aliphatic heterocycles. The molecule has 0 saturated heterocycles. The third-order valence-corrected chi connectivity index (χ3v) is 4.69. The van der Waals surface area contributed by atoms with Crippen LogP contribution in [0.3, 0.4) is 0 Å². The van der Waals surface area contributed by atoms with Gasteiger partial charge in [-0.1, -0.05) is 23.7 Å². The molecule has 3 aromatic rings. The lowest BCUT2D eigenvalue weighted by atomic mass is 10.2. The van der Waals surface area contributed by atoms with Crippen LogP contribution in [0.15, 0.2) is 42.7 Å². The van der Waals surface area contributed by atoms with Crippen molar-refractivity contribution >= 4 is 17.5 Å². The number of hydrogen-bond acceptors (Lipinski definition) is 4. The minimum atomic E-state index is -0.140. The molecule has 3 rings (SSSR count).